The number of rotatable bonds is 7. The first-order valence-corrected chi connectivity index (χ1v) is 20.8. The summed E-state index contributed by atoms with van der Waals surface area (Å²) in [6.07, 6.45) is 0. The molecule has 0 aliphatic heterocycles. The Hall–Kier alpha value is -8.14. The number of hydrogen-bond acceptors (Lipinski definition) is 2. The normalized spacial score (nSPS) is 11.6. The lowest BCUT2D eigenvalue weighted by molar-refractivity contribution is 0.669. The summed E-state index contributed by atoms with van der Waals surface area (Å²) in [6, 6.07) is 82.8. The van der Waals surface area contributed by atoms with Gasteiger partial charge in [0.2, 0.25) is 0 Å². The van der Waals surface area contributed by atoms with E-state index in [0.717, 1.165) is 55.8 Å². The van der Waals surface area contributed by atoms with Crippen molar-refractivity contribution in [3.05, 3.63) is 231 Å². The highest BCUT2D eigenvalue weighted by atomic mass is 16.3. The van der Waals surface area contributed by atoms with Crippen LogP contribution in [0.4, 0.5) is 17.1 Å². The number of hydrogen-bond donors (Lipinski definition) is 0. The van der Waals surface area contributed by atoms with Crippen LogP contribution in [0.5, 0.6) is 0 Å². The summed E-state index contributed by atoms with van der Waals surface area (Å²) < 4.78 is 9.20. The van der Waals surface area contributed by atoms with E-state index >= 15 is 0 Å². The van der Waals surface area contributed by atoms with Crippen LogP contribution in [0.1, 0.15) is 0 Å². The van der Waals surface area contributed by atoms with E-state index in [2.05, 4.69) is 240 Å². The summed E-state index contributed by atoms with van der Waals surface area (Å²) in [4.78, 5) is 2.36. The number of anilines is 3. The highest BCUT2D eigenvalue weighted by Gasteiger charge is 2.20. The maximum absolute atomic E-state index is 6.82. The largest absolute Gasteiger partial charge is 0.456 e. The summed E-state index contributed by atoms with van der Waals surface area (Å²) in [5, 5.41) is 7.04. The van der Waals surface area contributed by atoms with Crippen LogP contribution in [-0.2, 0) is 0 Å². The second-order valence-electron chi connectivity index (χ2n) is 15.7. The lowest BCUT2D eigenvalue weighted by atomic mass is 9.94. The fourth-order valence-corrected chi connectivity index (χ4v) is 9.34. The average Bonchev–Trinajstić information content (AvgIpc) is 3.88. The predicted molar refractivity (Wildman–Crippen MR) is 257 cm³/mol. The van der Waals surface area contributed by atoms with Crippen LogP contribution < -0.4 is 4.90 Å². The molecule has 0 aliphatic carbocycles. The molecule has 0 fully saturated rings. The molecular weight excluding hydrogens is 741 g/mol. The number of aromatic nitrogens is 1. The van der Waals surface area contributed by atoms with E-state index in [1.807, 2.05) is 0 Å². The van der Waals surface area contributed by atoms with Gasteiger partial charge < -0.3 is 13.9 Å². The second kappa shape index (κ2) is 14.3. The number of fused-ring (bicyclic) bond motifs is 8. The van der Waals surface area contributed by atoms with Gasteiger partial charge in [-0.1, -0.05) is 158 Å². The topological polar surface area (TPSA) is 21.3 Å². The van der Waals surface area contributed by atoms with E-state index in [0.29, 0.717) is 0 Å². The molecule has 0 atom stereocenters. The lowest BCUT2D eigenvalue weighted by Crippen LogP contribution is -2.10. The molecule has 2 aromatic heterocycles. The van der Waals surface area contributed by atoms with Gasteiger partial charge >= 0.3 is 0 Å². The molecule has 0 amide bonds. The number of furan rings is 1. The Morgan fingerprint density at radius 2 is 0.885 bits per heavy atom. The van der Waals surface area contributed by atoms with E-state index in [4.69, 9.17) is 4.42 Å². The summed E-state index contributed by atoms with van der Waals surface area (Å²) in [5.41, 5.74) is 15.5. The Labute approximate surface area is 353 Å². The van der Waals surface area contributed by atoms with Crippen LogP contribution in [0, 0.1) is 0 Å². The maximum Gasteiger partial charge on any atom is 0.136 e. The molecule has 12 rings (SSSR count). The van der Waals surface area contributed by atoms with Crippen molar-refractivity contribution in [2.45, 2.75) is 0 Å². The Kier molecular flexibility index (Phi) is 8.17. The Morgan fingerprint density at radius 3 is 1.66 bits per heavy atom. The molecule has 0 aliphatic rings. The molecular formula is C58H38N2O. The van der Waals surface area contributed by atoms with Gasteiger partial charge in [-0.3, -0.25) is 0 Å². The van der Waals surface area contributed by atoms with Crippen LogP contribution in [0.25, 0.3) is 93.6 Å². The van der Waals surface area contributed by atoms with Crippen molar-refractivity contribution >= 4 is 71.6 Å². The monoisotopic (exact) mass is 778 g/mol. The molecule has 3 heteroatoms. The van der Waals surface area contributed by atoms with Gasteiger partial charge in [0.25, 0.3) is 0 Å². The average molecular weight is 779 g/mol. The summed E-state index contributed by atoms with van der Waals surface area (Å²) in [5.74, 6) is 0. The van der Waals surface area contributed by atoms with Gasteiger partial charge in [-0.15, -0.1) is 0 Å². The van der Waals surface area contributed by atoms with E-state index in [1.165, 1.54) is 54.8 Å². The van der Waals surface area contributed by atoms with Crippen LogP contribution in [0.15, 0.2) is 235 Å². The maximum atomic E-state index is 6.82. The van der Waals surface area contributed by atoms with E-state index < -0.39 is 0 Å². The minimum atomic E-state index is 0.859. The van der Waals surface area contributed by atoms with Gasteiger partial charge in [-0.05, 0) is 117 Å². The SMILES string of the molecule is c1ccc(-c2ccc(N(c3cccc(-c4ccccc4)c3)c3ccc4oc5cc(-c6ccc7c8ccccc8n(-c8ccccc8)c7c6)c6ccccc6c5c4c3)cc2)cc1. The highest BCUT2D eigenvalue weighted by molar-refractivity contribution is 6.23. The molecule has 0 bridgehead atoms. The van der Waals surface area contributed by atoms with Gasteiger partial charge in [-0.2, -0.15) is 0 Å². The van der Waals surface area contributed by atoms with Gasteiger partial charge in [0, 0.05) is 44.3 Å². The number of benzene rings is 10. The van der Waals surface area contributed by atoms with Crippen molar-refractivity contribution in [3.8, 4) is 39.1 Å². The van der Waals surface area contributed by atoms with E-state index in [9.17, 15) is 0 Å². The molecule has 0 spiro atoms. The molecule has 12 aromatic rings. The minimum absolute atomic E-state index is 0.859. The van der Waals surface area contributed by atoms with E-state index in [-0.39, 0.29) is 0 Å². The molecule has 0 saturated carbocycles. The molecule has 10 aromatic carbocycles. The Balaban J connectivity index is 1.04. The van der Waals surface area contributed by atoms with Gasteiger partial charge in [0.1, 0.15) is 11.2 Å². The smallest absolute Gasteiger partial charge is 0.136 e. The van der Waals surface area contributed by atoms with Crippen molar-refractivity contribution in [2.75, 3.05) is 4.90 Å². The summed E-state index contributed by atoms with van der Waals surface area (Å²) in [7, 11) is 0. The van der Waals surface area contributed by atoms with Crippen molar-refractivity contribution in [1.82, 2.24) is 4.57 Å². The summed E-state index contributed by atoms with van der Waals surface area (Å²) in [6.45, 7) is 0. The zero-order chi connectivity index (χ0) is 40.3. The van der Waals surface area contributed by atoms with Gasteiger partial charge in [0.05, 0.1) is 11.0 Å². The molecule has 0 unspecified atom stereocenters. The fraction of sp³-hybridized carbons (Fsp3) is 0. The standard InChI is InChI=1S/C58H38N2O/c1-4-15-39(16-5-1)41-27-30-45(31-28-41)59(46-22-14-19-42(35-46)40-17-6-2-7-18-40)47-32-34-56-53(37-47)58-51-25-11-10-23-48(51)52(38-57(58)61-56)43-29-33-50-49-24-12-13-26-54(49)60(55(50)36-43)44-20-8-3-9-21-44/h1-38H. The van der Waals surface area contributed by atoms with Crippen LogP contribution in [0.2, 0.25) is 0 Å². The molecule has 2 heterocycles. The third kappa shape index (κ3) is 5.90. The van der Waals surface area contributed by atoms with Gasteiger partial charge in [0.15, 0.2) is 0 Å². The minimum Gasteiger partial charge on any atom is -0.456 e. The highest BCUT2D eigenvalue weighted by Crippen LogP contribution is 2.45. The first kappa shape index (κ1) is 34.9. The number of para-hydroxylation sites is 2. The molecule has 0 radical (unpaired) electrons. The molecule has 286 valence electrons. The Morgan fingerprint density at radius 1 is 0.311 bits per heavy atom. The first-order valence-electron chi connectivity index (χ1n) is 20.8. The van der Waals surface area contributed by atoms with Crippen molar-refractivity contribution < 1.29 is 4.42 Å². The zero-order valence-electron chi connectivity index (χ0n) is 33.2. The van der Waals surface area contributed by atoms with Crippen molar-refractivity contribution in [3.63, 3.8) is 0 Å². The third-order valence-corrected chi connectivity index (χ3v) is 12.2. The molecule has 0 N–H and O–H groups in total. The fourth-order valence-electron chi connectivity index (χ4n) is 9.34. The quantitative estimate of drug-likeness (QED) is 0.161. The van der Waals surface area contributed by atoms with Crippen LogP contribution >= 0.6 is 0 Å². The first-order chi connectivity index (χ1) is 30.2. The molecule has 3 nitrogen and oxygen atoms in total. The summed E-state index contributed by atoms with van der Waals surface area (Å²) >= 11 is 0. The molecule has 0 saturated heterocycles. The van der Waals surface area contributed by atoms with Gasteiger partial charge in [-0.25, -0.2) is 0 Å². The predicted octanol–water partition coefficient (Wildman–Crippen LogP) is 16.3. The molecule has 61 heavy (non-hydrogen) atoms. The van der Waals surface area contributed by atoms with Crippen molar-refractivity contribution in [2.24, 2.45) is 0 Å². The van der Waals surface area contributed by atoms with Crippen LogP contribution in [0.3, 0.4) is 0 Å². The van der Waals surface area contributed by atoms with Crippen molar-refractivity contribution in [1.29, 1.82) is 0 Å². The third-order valence-electron chi connectivity index (χ3n) is 12.2. The Bertz CT molecular complexity index is 3570. The van der Waals surface area contributed by atoms with Crippen LogP contribution in [-0.4, -0.2) is 4.57 Å². The zero-order valence-corrected chi connectivity index (χ0v) is 33.2. The van der Waals surface area contributed by atoms with E-state index in [1.54, 1.807) is 0 Å². The number of nitrogens with zero attached hydrogens (tertiary/aromatic N) is 2. The second-order valence-corrected chi connectivity index (χ2v) is 15.7. The lowest BCUT2D eigenvalue weighted by Gasteiger charge is -2.26.